The maximum Gasteiger partial charge on any atom is 0.339 e. The van der Waals surface area contributed by atoms with Gasteiger partial charge in [-0.2, -0.15) is 0 Å². The molecule has 2 saturated heterocycles. The molecule has 0 aromatic carbocycles. The van der Waals surface area contributed by atoms with Gasteiger partial charge in [-0.3, -0.25) is 0 Å². The second kappa shape index (κ2) is 9.52. The van der Waals surface area contributed by atoms with Crippen molar-refractivity contribution in [2.75, 3.05) is 6.61 Å². The molecule has 0 bridgehead atoms. The van der Waals surface area contributed by atoms with Crippen molar-refractivity contribution in [3.8, 4) is 0 Å². The van der Waals surface area contributed by atoms with Gasteiger partial charge in [-0.1, -0.05) is 41.5 Å². The van der Waals surface area contributed by atoms with Crippen molar-refractivity contribution in [2.24, 2.45) is 0 Å². The number of carbonyl (C=O) groups excluding carboxylic acids is 1. The minimum absolute atomic E-state index is 0.277. The Morgan fingerprint density at radius 2 is 1.41 bits per heavy atom. The lowest BCUT2D eigenvalue weighted by molar-refractivity contribution is -0.256. The minimum Gasteiger partial charge on any atom is -0.428 e. The fourth-order valence-corrected chi connectivity index (χ4v) is 10.1. The average molecular weight is 417 g/mol. The van der Waals surface area contributed by atoms with Crippen LogP contribution in [-0.2, 0) is 23.1 Å². The monoisotopic (exact) mass is 416 g/mol. The third-order valence-electron chi connectivity index (χ3n) is 7.10. The molecule has 1 spiro atoms. The van der Waals surface area contributed by atoms with Crippen LogP contribution in [0.1, 0.15) is 60.8 Å². The van der Waals surface area contributed by atoms with E-state index in [1.165, 1.54) is 0 Å². The van der Waals surface area contributed by atoms with Crippen LogP contribution in [0.2, 0.25) is 36.3 Å². The molecule has 0 radical (unpaired) electrons. The largest absolute Gasteiger partial charge is 0.428 e. The van der Waals surface area contributed by atoms with Gasteiger partial charge in [0, 0.05) is 6.42 Å². The summed E-state index contributed by atoms with van der Waals surface area (Å²) in [7, 11) is -3.92. The van der Waals surface area contributed by atoms with E-state index in [9.17, 15) is 4.79 Å². The third kappa shape index (κ3) is 4.52. The molecule has 0 unspecified atom stereocenters. The zero-order valence-electron chi connectivity index (χ0n) is 18.3. The van der Waals surface area contributed by atoms with Gasteiger partial charge in [0.05, 0.1) is 6.61 Å². The molecule has 2 rings (SSSR count). The topological polar surface area (TPSA) is 54.0 Å². The number of rotatable bonds is 10. The average Bonchev–Trinajstić information content (AvgIpc) is 2.94. The number of carbonyl (C=O) groups is 1. The zero-order chi connectivity index (χ0) is 20.1. The highest BCUT2D eigenvalue weighted by Gasteiger charge is 2.61. The van der Waals surface area contributed by atoms with Gasteiger partial charge < -0.3 is 18.3 Å². The number of ether oxygens (including phenoxy) is 2. The first kappa shape index (κ1) is 23.1. The lowest BCUT2D eigenvalue weighted by Crippen LogP contribution is -2.56. The molecule has 2 aliphatic rings. The Kier molecular flexibility index (Phi) is 8.13. The van der Waals surface area contributed by atoms with E-state index >= 15 is 0 Å². The molecule has 3 atom stereocenters. The molecular weight excluding hydrogens is 376 g/mol. The van der Waals surface area contributed by atoms with Crippen LogP contribution in [0.25, 0.3) is 0 Å². The highest BCUT2D eigenvalue weighted by Crippen LogP contribution is 2.43. The summed E-state index contributed by atoms with van der Waals surface area (Å²) in [6.45, 7) is 13.8. The van der Waals surface area contributed by atoms with Crippen LogP contribution in [-0.4, -0.2) is 47.2 Å². The van der Waals surface area contributed by atoms with Gasteiger partial charge in [0.1, 0.15) is 6.10 Å². The molecule has 2 aliphatic heterocycles. The minimum atomic E-state index is -1.97. The molecule has 7 heteroatoms. The van der Waals surface area contributed by atoms with Crippen molar-refractivity contribution < 1.29 is 23.1 Å². The fourth-order valence-electron chi connectivity index (χ4n) is 4.54. The summed E-state index contributed by atoms with van der Waals surface area (Å²) in [5.41, 5.74) is 0. The van der Waals surface area contributed by atoms with Crippen molar-refractivity contribution in [1.82, 2.24) is 0 Å². The number of hydrogen-bond acceptors (Lipinski definition) is 5. The molecule has 0 aromatic heterocycles. The normalized spacial score (nSPS) is 29.3. The van der Waals surface area contributed by atoms with E-state index in [4.69, 9.17) is 18.3 Å². The van der Waals surface area contributed by atoms with Crippen LogP contribution >= 0.6 is 0 Å². The summed E-state index contributed by atoms with van der Waals surface area (Å²) in [5.74, 6) is -1.21. The van der Waals surface area contributed by atoms with Crippen LogP contribution in [0.5, 0.6) is 0 Å². The quantitative estimate of drug-likeness (QED) is 0.361. The molecule has 0 aromatic rings. The van der Waals surface area contributed by atoms with Gasteiger partial charge in [-0.15, -0.1) is 0 Å². The van der Waals surface area contributed by atoms with E-state index in [1.54, 1.807) is 0 Å². The molecule has 27 heavy (non-hydrogen) atoms. The number of esters is 1. The Labute approximate surface area is 167 Å². The fraction of sp³-hybridized carbons (Fsp3) is 0.950. The zero-order valence-corrected chi connectivity index (χ0v) is 20.3. The van der Waals surface area contributed by atoms with Gasteiger partial charge in [0.25, 0.3) is 0 Å². The van der Waals surface area contributed by atoms with Gasteiger partial charge >= 0.3 is 5.97 Å². The summed E-state index contributed by atoms with van der Waals surface area (Å²) in [6, 6.07) is 6.11. The molecule has 2 heterocycles. The summed E-state index contributed by atoms with van der Waals surface area (Å²) in [4.78, 5) is 13.0. The van der Waals surface area contributed by atoms with E-state index in [1.807, 2.05) is 0 Å². The molecular formula is C20H40O5Si2. The second-order valence-corrected chi connectivity index (χ2v) is 17.5. The predicted octanol–water partition coefficient (Wildman–Crippen LogP) is 5.22. The van der Waals surface area contributed by atoms with E-state index in [0.717, 1.165) is 49.1 Å². The predicted molar refractivity (Wildman–Crippen MR) is 113 cm³/mol. The van der Waals surface area contributed by atoms with Crippen molar-refractivity contribution in [2.45, 2.75) is 115 Å². The van der Waals surface area contributed by atoms with Crippen molar-refractivity contribution in [3.63, 3.8) is 0 Å². The molecule has 5 nitrogen and oxygen atoms in total. The van der Waals surface area contributed by atoms with Gasteiger partial charge in [-0.25, -0.2) is 4.79 Å². The second-order valence-electron chi connectivity index (χ2n) is 8.10. The first-order valence-corrected chi connectivity index (χ1v) is 16.2. The first-order chi connectivity index (χ1) is 12.9. The van der Waals surface area contributed by atoms with Crippen LogP contribution in [0.3, 0.4) is 0 Å². The van der Waals surface area contributed by atoms with Gasteiger partial charge in [0.2, 0.25) is 5.79 Å². The van der Waals surface area contributed by atoms with E-state index in [-0.39, 0.29) is 5.97 Å². The van der Waals surface area contributed by atoms with Gasteiger partial charge in [-0.05, 0) is 49.1 Å². The Morgan fingerprint density at radius 3 is 1.85 bits per heavy atom. The highest BCUT2D eigenvalue weighted by atomic mass is 28.4. The molecule has 0 N–H and O–H groups in total. The molecule has 158 valence electrons. The first-order valence-electron chi connectivity index (χ1n) is 11.1. The lowest BCUT2D eigenvalue weighted by Gasteiger charge is -2.42. The molecule has 0 saturated carbocycles. The lowest BCUT2D eigenvalue weighted by atomic mass is 9.99. The highest BCUT2D eigenvalue weighted by molar-refractivity contribution is 6.74. The van der Waals surface area contributed by atoms with E-state index in [2.05, 4.69) is 41.5 Å². The van der Waals surface area contributed by atoms with Crippen LogP contribution in [0.15, 0.2) is 0 Å². The molecule has 0 aliphatic carbocycles. The summed E-state index contributed by atoms with van der Waals surface area (Å²) < 4.78 is 25.6. The van der Waals surface area contributed by atoms with Crippen LogP contribution < -0.4 is 0 Å². The van der Waals surface area contributed by atoms with Crippen molar-refractivity contribution in [1.29, 1.82) is 0 Å². The van der Waals surface area contributed by atoms with Gasteiger partial charge in [0.15, 0.2) is 22.7 Å². The Morgan fingerprint density at radius 1 is 0.889 bits per heavy atom. The van der Waals surface area contributed by atoms with Crippen LogP contribution in [0.4, 0.5) is 0 Å². The summed E-state index contributed by atoms with van der Waals surface area (Å²) >= 11 is 0. The molecule has 0 amide bonds. The van der Waals surface area contributed by atoms with Crippen LogP contribution in [0, 0.1) is 0 Å². The Balaban J connectivity index is 2.38. The third-order valence-corrected chi connectivity index (χ3v) is 16.3. The standard InChI is InChI=1S/C20H40O5Si2/c1-7-26(8-2,9-3)24-17-18(25-27(10-4,11-5)12-6)20(23-19(17)21)15-13-14-16-22-20/h17-18H,7-16H2,1-6H3/t17-,18-,20+/m1/s1. The Hall–Kier alpha value is -0.216. The summed E-state index contributed by atoms with van der Waals surface area (Å²) in [5, 5.41) is 0. The van der Waals surface area contributed by atoms with Crippen molar-refractivity contribution in [3.05, 3.63) is 0 Å². The van der Waals surface area contributed by atoms with E-state index < -0.39 is 34.6 Å². The smallest absolute Gasteiger partial charge is 0.339 e. The van der Waals surface area contributed by atoms with E-state index in [0.29, 0.717) is 13.0 Å². The summed E-state index contributed by atoms with van der Waals surface area (Å²) in [6.07, 6.45) is 1.66. The van der Waals surface area contributed by atoms with Crippen molar-refractivity contribution >= 4 is 22.6 Å². The SMILES string of the molecule is CC[Si](CC)(CC)O[C@@H]1[C@@H](O[Si](CC)(CC)CC)C(=O)O[C@@]12CCCCO2. The maximum absolute atomic E-state index is 13.0. The maximum atomic E-state index is 13.0. The molecule has 2 fully saturated rings. The Bertz CT molecular complexity index is 468. The number of hydrogen-bond donors (Lipinski definition) is 0.